The van der Waals surface area contributed by atoms with Crippen LogP contribution in [0.25, 0.3) is 5.69 Å². The zero-order chi connectivity index (χ0) is 18.0. The summed E-state index contributed by atoms with van der Waals surface area (Å²) in [6.07, 6.45) is 0. The lowest BCUT2D eigenvalue weighted by molar-refractivity contribution is 0.627. The van der Waals surface area contributed by atoms with Crippen LogP contribution in [0.15, 0.2) is 36.4 Å². The number of benzene rings is 2. The minimum absolute atomic E-state index is 0.337. The molecule has 0 fully saturated rings. The SMILES string of the molecule is Cc1ccc(-n2c(CSCc3ccc(F)cc3Cl)n[nH]c2=S)cc1Cl. The molecule has 0 unspecified atom stereocenters. The second-order valence-corrected chi connectivity index (χ2v) is 7.63. The molecule has 3 aromatic rings. The number of aromatic amines is 1. The third kappa shape index (κ3) is 4.26. The molecule has 0 radical (unpaired) electrons. The Morgan fingerprint density at radius 2 is 1.96 bits per heavy atom. The van der Waals surface area contributed by atoms with Gasteiger partial charge in [-0.15, -0.1) is 11.8 Å². The second kappa shape index (κ2) is 7.91. The Kier molecular flexibility index (Phi) is 5.84. The van der Waals surface area contributed by atoms with Gasteiger partial charge in [0.05, 0.1) is 11.4 Å². The molecule has 0 atom stereocenters. The standard InChI is InChI=1S/C17H14Cl2FN3S2/c1-10-2-5-13(7-14(10)18)23-16(21-22-17(23)24)9-25-8-11-3-4-12(20)6-15(11)19/h2-7H,8-9H2,1H3,(H,22,24). The average molecular weight is 414 g/mol. The minimum atomic E-state index is -0.337. The van der Waals surface area contributed by atoms with Crippen molar-refractivity contribution in [2.24, 2.45) is 0 Å². The van der Waals surface area contributed by atoms with Gasteiger partial charge in [-0.1, -0.05) is 35.3 Å². The van der Waals surface area contributed by atoms with Gasteiger partial charge in [-0.05, 0) is 54.5 Å². The Balaban J connectivity index is 1.78. The van der Waals surface area contributed by atoms with Gasteiger partial charge in [0.15, 0.2) is 4.77 Å². The van der Waals surface area contributed by atoms with Crippen molar-refractivity contribution in [2.75, 3.05) is 0 Å². The summed E-state index contributed by atoms with van der Waals surface area (Å²) >= 11 is 19.2. The van der Waals surface area contributed by atoms with Gasteiger partial charge in [0, 0.05) is 15.8 Å². The van der Waals surface area contributed by atoms with Crippen LogP contribution in [0.4, 0.5) is 4.39 Å². The molecule has 1 heterocycles. The molecule has 130 valence electrons. The molecule has 0 aliphatic heterocycles. The predicted molar refractivity (Wildman–Crippen MR) is 105 cm³/mol. The van der Waals surface area contributed by atoms with E-state index in [2.05, 4.69) is 10.2 Å². The van der Waals surface area contributed by atoms with E-state index in [0.717, 1.165) is 22.6 Å². The number of hydrogen-bond acceptors (Lipinski definition) is 3. The number of aromatic nitrogens is 3. The first-order chi connectivity index (χ1) is 12.0. The molecule has 0 spiro atoms. The molecule has 1 aromatic heterocycles. The van der Waals surface area contributed by atoms with Crippen LogP contribution in [-0.2, 0) is 11.5 Å². The summed E-state index contributed by atoms with van der Waals surface area (Å²) in [5.41, 5.74) is 2.75. The van der Waals surface area contributed by atoms with Crippen LogP contribution in [0, 0.1) is 17.5 Å². The predicted octanol–water partition coefficient (Wildman–Crippen LogP) is 6.12. The molecule has 1 N–H and O–H groups in total. The first-order valence-corrected chi connectivity index (χ1v) is 9.72. The van der Waals surface area contributed by atoms with Gasteiger partial charge in [0.25, 0.3) is 0 Å². The highest BCUT2D eigenvalue weighted by atomic mass is 35.5. The van der Waals surface area contributed by atoms with E-state index in [1.165, 1.54) is 12.1 Å². The van der Waals surface area contributed by atoms with Crippen molar-refractivity contribution in [1.82, 2.24) is 14.8 Å². The lowest BCUT2D eigenvalue weighted by Gasteiger charge is -2.09. The highest BCUT2D eigenvalue weighted by molar-refractivity contribution is 7.97. The van der Waals surface area contributed by atoms with Gasteiger partial charge in [0.1, 0.15) is 11.6 Å². The highest BCUT2D eigenvalue weighted by Gasteiger charge is 2.10. The third-order valence-electron chi connectivity index (χ3n) is 3.66. The molecule has 0 aliphatic rings. The average Bonchev–Trinajstić information content (AvgIpc) is 2.93. The number of rotatable bonds is 5. The summed E-state index contributed by atoms with van der Waals surface area (Å²) in [6.45, 7) is 1.95. The molecule has 8 heteroatoms. The number of aryl methyl sites for hydroxylation is 1. The number of thioether (sulfide) groups is 1. The first-order valence-electron chi connectivity index (χ1n) is 7.40. The normalized spacial score (nSPS) is 11.0. The van der Waals surface area contributed by atoms with Gasteiger partial charge in [-0.25, -0.2) is 4.39 Å². The largest absolute Gasteiger partial charge is 0.271 e. The van der Waals surface area contributed by atoms with E-state index in [0.29, 0.717) is 26.3 Å². The summed E-state index contributed by atoms with van der Waals surface area (Å²) in [7, 11) is 0. The summed E-state index contributed by atoms with van der Waals surface area (Å²) in [5.74, 6) is 1.71. The van der Waals surface area contributed by atoms with Gasteiger partial charge in [0.2, 0.25) is 0 Å². The lowest BCUT2D eigenvalue weighted by atomic mass is 10.2. The second-order valence-electron chi connectivity index (χ2n) is 5.44. The molecular formula is C17H14Cl2FN3S2. The number of nitrogens with zero attached hydrogens (tertiary/aromatic N) is 2. The smallest absolute Gasteiger partial charge is 0.199 e. The Morgan fingerprint density at radius 3 is 2.68 bits per heavy atom. The molecule has 2 aromatic carbocycles. The van der Waals surface area contributed by atoms with Crippen LogP contribution in [0.5, 0.6) is 0 Å². The van der Waals surface area contributed by atoms with Crippen LogP contribution in [0.3, 0.4) is 0 Å². The lowest BCUT2D eigenvalue weighted by Crippen LogP contribution is -2.01. The van der Waals surface area contributed by atoms with Crippen molar-refractivity contribution in [3.63, 3.8) is 0 Å². The van der Waals surface area contributed by atoms with Crippen molar-refractivity contribution in [1.29, 1.82) is 0 Å². The van der Waals surface area contributed by atoms with Gasteiger partial charge < -0.3 is 0 Å². The monoisotopic (exact) mass is 413 g/mol. The molecule has 3 nitrogen and oxygen atoms in total. The quantitative estimate of drug-likeness (QED) is 0.511. The number of H-pyrrole nitrogens is 1. The van der Waals surface area contributed by atoms with E-state index in [1.807, 2.05) is 29.7 Å². The van der Waals surface area contributed by atoms with E-state index >= 15 is 0 Å². The minimum Gasteiger partial charge on any atom is -0.271 e. The zero-order valence-electron chi connectivity index (χ0n) is 13.2. The summed E-state index contributed by atoms with van der Waals surface area (Å²) in [4.78, 5) is 0. The van der Waals surface area contributed by atoms with Crippen LogP contribution >= 0.6 is 47.2 Å². The molecular weight excluding hydrogens is 400 g/mol. The van der Waals surface area contributed by atoms with Crippen molar-refractivity contribution < 1.29 is 4.39 Å². The summed E-state index contributed by atoms with van der Waals surface area (Å²) in [5, 5.41) is 8.23. The molecule has 0 saturated heterocycles. The van der Waals surface area contributed by atoms with Crippen molar-refractivity contribution in [2.45, 2.75) is 18.4 Å². The van der Waals surface area contributed by atoms with Crippen LogP contribution in [0.2, 0.25) is 10.0 Å². The van der Waals surface area contributed by atoms with Crippen molar-refractivity contribution >= 4 is 47.2 Å². The molecule has 3 rings (SSSR count). The number of hydrogen-bond donors (Lipinski definition) is 1. The first kappa shape index (κ1) is 18.5. The van der Waals surface area contributed by atoms with E-state index in [-0.39, 0.29) is 5.82 Å². The maximum atomic E-state index is 13.1. The van der Waals surface area contributed by atoms with Crippen molar-refractivity contribution in [3.05, 3.63) is 74.0 Å². The molecule has 25 heavy (non-hydrogen) atoms. The Hall–Kier alpha value is -1.34. The Labute approximate surface area is 164 Å². The Bertz CT molecular complexity index is 969. The van der Waals surface area contributed by atoms with Crippen LogP contribution in [0.1, 0.15) is 17.0 Å². The third-order valence-corrected chi connectivity index (χ3v) is 5.67. The zero-order valence-corrected chi connectivity index (χ0v) is 16.4. The molecule has 0 saturated carbocycles. The maximum absolute atomic E-state index is 13.1. The molecule has 0 aliphatic carbocycles. The Morgan fingerprint density at radius 1 is 1.16 bits per heavy atom. The van der Waals surface area contributed by atoms with Crippen LogP contribution in [-0.4, -0.2) is 14.8 Å². The van der Waals surface area contributed by atoms with Crippen molar-refractivity contribution in [3.8, 4) is 5.69 Å². The van der Waals surface area contributed by atoms with Crippen LogP contribution < -0.4 is 0 Å². The van der Waals surface area contributed by atoms with E-state index in [1.54, 1.807) is 17.8 Å². The highest BCUT2D eigenvalue weighted by Crippen LogP contribution is 2.26. The number of halogens is 3. The maximum Gasteiger partial charge on any atom is 0.199 e. The fraction of sp³-hybridized carbons (Fsp3) is 0.176. The van der Waals surface area contributed by atoms with E-state index in [4.69, 9.17) is 35.4 Å². The fourth-order valence-electron chi connectivity index (χ4n) is 2.30. The molecule has 0 amide bonds. The summed E-state index contributed by atoms with van der Waals surface area (Å²) < 4.78 is 15.5. The van der Waals surface area contributed by atoms with E-state index < -0.39 is 0 Å². The molecule has 0 bridgehead atoms. The van der Waals surface area contributed by atoms with E-state index in [9.17, 15) is 4.39 Å². The fourth-order valence-corrected chi connectivity index (χ4v) is 4.00. The van der Waals surface area contributed by atoms with Gasteiger partial charge in [-0.3, -0.25) is 9.67 Å². The summed E-state index contributed by atoms with van der Waals surface area (Å²) in [6, 6.07) is 10.2. The topological polar surface area (TPSA) is 33.6 Å². The van der Waals surface area contributed by atoms with Gasteiger partial charge >= 0.3 is 0 Å². The number of nitrogens with one attached hydrogen (secondary N) is 1. The van der Waals surface area contributed by atoms with Gasteiger partial charge in [-0.2, -0.15) is 5.10 Å².